The number of benzene rings is 1. The number of hydrogen-bond donors (Lipinski definition) is 2. The Morgan fingerprint density at radius 1 is 1.27 bits per heavy atom. The second kappa shape index (κ2) is 6.98. The van der Waals surface area contributed by atoms with Crippen LogP contribution in [-0.4, -0.2) is 28.6 Å². The molecular formula is C16H21N4OS+. The Morgan fingerprint density at radius 3 is 2.68 bits per heavy atom. The predicted octanol–water partition coefficient (Wildman–Crippen LogP) is 0.955. The van der Waals surface area contributed by atoms with E-state index in [9.17, 15) is 4.79 Å². The van der Waals surface area contributed by atoms with Gasteiger partial charge in [-0.1, -0.05) is 28.8 Å². The Bertz CT molecular complexity index is 649. The van der Waals surface area contributed by atoms with Gasteiger partial charge in [-0.25, -0.2) is 0 Å². The van der Waals surface area contributed by atoms with Gasteiger partial charge in [-0.05, 0) is 24.0 Å². The lowest BCUT2D eigenvalue weighted by atomic mass is 10.1. The lowest BCUT2D eigenvalue weighted by molar-refractivity contribution is -0.901. The van der Waals surface area contributed by atoms with E-state index in [4.69, 9.17) is 0 Å². The minimum absolute atomic E-state index is 0.0872. The molecule has 0 saturated carbocycles. The maximum atomic E-state index is 12.2. The molecule has 1 aliphatic heterocycles. The van der Waals surface area contributed by atoms with E-state index in [1.165, 1.54) is 37.1 Å². The highest BCUT2D eigenvalue weighted by atomic mass is 32.1. The van der Waals surface area contributed by atoms with Crippen molar-refractivity contribution in [2.75, 3.05) is 13.1 Å². The van der Waals surface area contributed by atoms with Gasteiger partial charge in [0.1, 0.15) is 11.4 Å². The molecule has 0 atom stereocenters. The summed E-state index contributed by atoms with van der Waals surface area (Å²) in [5, 5.41) is 6.87. The van der Waals surface area contributed by atoms with Crippen molar-refractivity contribution in [2.45, 2.75) is 32.9 Å². The number of quaternary nitrogens is 1. The van der Waals surface area contributed by atoms with E-state index in [1.54, 1.807) is 4.90 Å². The maximum absolute atomic E-state index is 12.2. The lowest BCUT2D eigenvalue weighted by Crippen LogP contribution is -3.08. The van der Waals surface area contributed by atoms with Crippen LogP contribution in [-0.2, 0) is 13.1 Å². The smallest absolute Gasteiger partial charge is 0.265 e. The zero-order valence-electron chi connectivity index (χ0n) is 12.8. The van der Waals surface area contributed by atoms with Gasteiger partial charge in [0.2, 0.25) is 0 Å². The molecule has 2 heterocycles. The van der Waals surface area contributed by atoms with Crippen LogP contribution in [0.3, 0.4) is 0 Å². The van der Waals surface area contributed by atoms with Crippen molar-refractivity contribution in [3.8, 4) is 0 Å². The highest BCUT2D eigenvalue weighted by Crippen LogP contribution is 2.11. The summed E-state index contributed by atoms with van der Waals surface area (Å²) in [5.41, 5.74) is 3.22. The summed E-state index contributed by atoms with van der Waals surface area (Å²) in [5.74, 6) is -0.0872. The zero-order valence-corrected chi connectivity index (χ0v) is 13.6. The molecule has 116 valence electrons. The fourth-order valence-electron chi connectivity index (χ4n) is 2.92. The van der Waals surface area contributed by atoms with Crippen molar-refractivity contribution < 1.29 is 9.69 Å². The molecule has 0 bridgehead atoms. The Kier molecular flexibility index (Phi) is 4.80. The number of rotatable bonds is 5. The van der Waals surface area contributed by atoms with E-state index in [1.807, 2.05) is 13.0 Å². The average molecular weight is 317 g/mol. The van der Waals surface area contributed by atoms with Crippen LogP contribution in [0.4, 0.5) is 0 Å². The van der Waals surface area contributed by atoms with Crippen LogP contribution < -0.4 is 10.2 Å². The first kappa shape index (κ1) is 15.1. The molecule has 1 aromatic carbocycles. The zero-order chi connectivity index (χ0) is 15.4. The Balaban J connectivity index is 1.64. The summed E-state index contributed by atoms with van der Waals surface area (Å²) < 4.78 is 3.81. The largest absolute Gasteiger partial charge is 0.347 e. The third-order valence-corrected chi connectivity index (χ3v) is 4.99. The van der Waals surface area contributed by atoms with Crippen molar-refractivity contribution in [1.29, 1.82) is 0 Å². The third kappa shape index (κ3) is 3.51. The number of likely N-dealkylation sites (tertiary alicyclic amines) is 1. The molecule has 22 heavy (non-hydrogen) atoms. The number of amides is 1. The monoisotopic (exact) mass is 317 g/mol. The fourth-order valence-corrected chi connectivity index (χ4v) is 3.49. The summed E-state index contributed by atoms with van der Waals surface area (Å²) in [6, 6.07) is 8.38. The van der Waals surface area contributed by atoms with E-state index >= 15 is 0 Å². The Hall–Kier alpha value is -1.79. The van der Waals surface area contributed by atoms with E-state index in [-0.39, 0.29) is 5.91 Å². The van der Waals surface area contributed by atoms with Crippen LogP contribution in [0, 0.1) is 6.92 Å². The quantitative estimate of drug-likeness (QED) is 0.863. The first-order chi connectivity index (χ1) is 10.7. The third-order valence-electron chi connectivity index (χ3n) is 4.17. The Labute approximate surface area is 134 Å². The molecule has 2 aromatic rings. The molecule has 0 aliphatic carbocycles. The van der Waals surface area contributed by atoms with Crippen LogP contribution >= 0.6 is 11.5 Å². The topological polar surface area (TPSA) is 59.3 Å². The highest BCUT2D eigenvalue weighted by Gasteiger charge is 2.18. The Morgan fingerprint density at radius 2 is 2.00 bits per heavy atom. The van der Waals surface area contributed by atoms with Crippen molar-refractivity contribution in [1.82, 2.24) is 14.9 Å². The molecule has 3 rings (SSSR count). The molecule has 2 N–H and O–H groups in total. The minimum Gasteiger partial charge on any atom is -0.347 e. The molecule has 1 saturated heterocycles. The van der Waals surface area contributed by atoms with Crippen molar-refractivity contribution >= 4 is 17.4 Å². The van der Waals surface area contributed by atoms with Gasteiger partial charge in [-0.2, -0.15) is 0 Å². The molecule has 1 aromatic heterocycles. The van der Waals surface area contributed by atoms with Gasteiger partial charge in [-0.3, -0.25) is 4.79 Å². The normalized spacial score (nSPS) is 15.1. The fraction of sp³-hybridized carbons (Fsp3) is 0.438. The van der Waals surface area contributed by atoms with Crippen molar-refractivity contribution in [3.05, 3.63) is 46.0 Å². The van der Waals surface area contributed by atoms with Crippen LogP contribution in [0.1, 0.15) is 39.3 Å². The second-order valence-corrected chi connectivity index (χ2v) is 6.53. The lowest BCUT2D eigenvalue weighted by Gasteiger charge is -2.15. The van der Waals surface area contributed by atoms with E-state index in [0.717, 1.165) is 18.1 Å². The van der Waals surface area contributed by atoms with Gasteiger partial charge in [-0.15, -0.1) is 5.10 Å². The predicted molar refractivity (Wildman–Crippen MR) is 85.9 cm³/mol. The number of nitrogens with zero attached hydrogens (tertiary/aromatic N) is 2. The number of carbonyl (C=O) groups excluding carboxylic acids is 1. The molecule has 0 radical (unpaired) electrons. The number of aromatic nitrogens is 2. The number of nitrogens with one attached hydrogen (secondary N) is 2. The average Bonchev–Trinajstić information content (AvgIpc) is 3.17. The molecule has 6 heteroatoms. The number of aryl methyl sites for hydroxylation is 1. The van der Waals surface area contributed by atoms with E-state index in [0.29, 0.717) is 17.1 Å². The summed E-state index contributed by atoms with van der Waals surface area (Å²) in [4.78, 5) is 14.4. The van der Waals surface area contributed by atoms with Gasteiger partial charge in [0.25, 0.3) is 5.91 Å². The van der Waals surface area contributed by atoms with Gasteiger partial charge >= 0.3 is 0 Å². The maximum Gasteiger partial charge on any atom is 0.265 e. The van der Waals surface area contributed by atoms with Gasteiger partial charge < -0.3 is 10.2 Å². The first-order valence-corrected chi connectivity index (χ1v) is 8.49. The van der Waals surface area contributed by atoms with Gasteiger partial charge in [0, 0.05) is 24.9 Å². The van der Waals surface area contributed by atoms with Crippen molar-refractivity contribution in [2.24, 2.45) is 0 Å². The summed E-state index contributed by atoms with van der Waals surface area (Å²) in [6.07, 6.45) is 2.65. The van der Waals surface area contributed by atoms with Crippen molar-refractivity contribution in [3.63, 3.8) is 0 Å². The van der Waals surface area contributed by atoms with Crippen LogP contribution in [0.5, 0.6) is 0 Å². The molecule has 1 amide bonds. The van der Waals surface area contributed by atoms with Crippen LogP contribution in [0.25, 0.3) is 0 Å². The summed E-state index contributed by atoms with van der Waals surface area (Å²) in [7, 11) is 0. The van der Waals surface area contributed by atoms with E-state index in [2.05, 4.69) is 33.1 Å². The molecule has 0 unspecified atom stereocenters. The standard InChI is InChI=1S/C16H20N4OS/c1-12-15(22-19-18-12)16(21)17-10-13-6-2-3-7-14(13)11-20-8-4-5-9-20/h2-3,6-7H,4-5,8-11H2,1H3,(H,17,21)/p+1. The molecule has 1 aliphatic rings. The van der Waals surface area contributed by atoms with Gasteiger partial charge in [0.05, 0.1) is 18.8 Å². The van der Waals surface area contributed by atoms with Crippen LogP contribution in [0.15, 0.2) is 24.3 Å². The SMILES string of the molecule is Cc1nnsc1C(=O)NCc1ccccc1C[NH+]1CCCC1. The molecule has 5 nitrogen and oxygen atoms in total. The molecule has 0 spiro atoms. The second-order valence-electron chi connectivity index (χ2n) is 5.77. The number of carbonyl (C=O) groups is 1. The van der Waals surface area contributed by atoms with E-state index < -0.39 is 0 Å². The first-order valence-electron chi connectivity index (χ1n) is 7.71. The highest BCUT2D eigenvalue weighted by molar-refractivity contribution is 7.07. The van der Waals surface area contributed by atoms with Crippen LogP contribution in [0.2, 0.25) is 0 Å². The van der Waals surface area contributed by atoms with Gasteiger partial charge in [0.15, 0.2) is 0 Å². The molecule has 1 fully saturated rings. The number of hydrogen-bond acceptors (Lipinski definition) is 4. The minimum atomic E-state index is -0.0872. The summed E-state index contributed by atoms with van der Waals surface area (Å²) >= 11 is 1.15. The summed E-state index contributed by atoms with van der Waals surface area (Å²) in [6.45, 7) is 5.93. The molecular weight excluding hydrogens is 296 g/mol.